The third-order valence-corrected chi connectivity index (χ3v) is 6.52. The van der Waals surface area contributed by atoms with Crippen LogP contribution in [0.1, 0.15) is 26.2 Å². The van der Waals surface area contributed by atoms with Gasteiger partial charge in [-0.2, -0.15) is 0 Å². The molecule has 0 unspecified atom stereocenters. The first kappa shape index (κ1) is 12.6. The summed E-state index contributed by atoms with van der Waals surface area (Å²) in [6.45, 7) is 1.80. The summed E-state index contributed by atoms with van der Waals surface area (Å²) in [6, 6.07) is 10.0. The summed E-state index contributed by atoms with van der Waals surface area (Å²) >= 11 is -0.0303. The number of hydrogen-bond acceptors (Lipinski definition) is 3. The topological polar surface area (TPSA) is 43.4 Å². The SMILES string of the molecule is CC1=C([Se]c2ccccc2)[C@]2(CCCC2=O)C(=O)O1. The van der Waals surface area contributed by atoms with Crippen LogP contribution in [0.3, 0.4) is 0 Å². The molecule has 0 aromatic heterocycles. The number of ketones is 1. The van der Waals surface area contributed by atoms with Crippen molar-refractivity contribution in [2.24, 2.45) is 5.41 Å². The molecule has 19 heavy (non-hydrogen) atoms. The summed E-state index contributed by atoms with van der Waals surface area (Å²) in [5.74, 6) is 0.339. The van der Waals surface area contributed by atoms with Gasteiger partial charge in [0.25, 0.3) is 0 Å². The van der Waals surface area contributed by atoms with E-state index in [9.17, 15) is 9.59 Å². The Morgan fingerprint density at radius 2 is 1.95 bits per heavy atom. The van der Waals surface area contributed by atoms with E-state index >= 15 is 0 Å². The summed E-state index contributed by atoms with van der Waals surface area (Å²) in [4.78, 5) is 24.4. The molecule has 3 rings (SSSR count). The van der Waals surface area contributed by atoms with Crippen LogP contribution < -0.4 is 4.46 Å². The van der Waals surface area contributed by atoms with E-state index in [0.29, 0.717) is 18.6 Å². The summed E-state index contributed by atoms with van der Waals surface area (Å²) in [7, 11) is 0. The molecule has 0 saturated heterocycles. The van der Waals surface area contributed by atoms with E-state index in [1.807, 2.05) is 30.3 Å². The number of rotatable bonds is 2. The minimum atomic E-state index is -0.945. The van der Waals surface area contributed by atoms with Crippen LogP contribution in [0.5, 0.6) is 0 Å². The van der Waals surface area contributed by atoms with E-state index < -0.39 is 5.41 Å². The number of hydrogen-bond donors (Lipinski definition) is 0. The van der Waals surface area contributed by atoms with Crippen LogP contribution >= 0.6 is 0 Å². The van der Waals surface area contributed by atoms with Crippen molar-refractivity contribution in [1.82, 2.24) is 0 Å². The van der Waals surface area contributed by atoms with E-state index in [-0.39, 0.29) is 26.7 Å². The Balaban J connectivity index is 2.00. The molecule has 2 aliphatic rings. The van der Waals surface area contributed by atoms with Crippen molar-refractivity contribution >= 4 is 31.2 Å². The third kappa shape index (κ3) is 1.87. The maximum atomic E-state index is 12.2. The molecule has 0 radical (unpaired) electrons. The number of Topliss-reactive ketones (excluding diaryl/α,β-unsaturated/α-hetero) is 1. The molecule has 0 N–H and O–H groups in total. The van der Waals surface area contributed by atoms with Gasteiger partial charge in [-0.05, 0) is 0 Å². The number of allylic oxidation sites excluding steroid dienone is 1. The number of carbonyl (C=O) groups excluding carboxylic acids is 2. The van der Waals surface area contributed by atoms with E-state index in [0.717, 1.165) is 10.9 Å². The average Bonchev–Trinajstić information content (AvgIpc) is 2.89. The summed E-state index contributed by atoms with van der Waals surface area (Å²) in [5.41, 5.74) is -0.945. The van der Waals surface area contributed by atoms with Crippen molar-refractivity contribution in [1.29, 1.82) is 0 Å². The fourth-order valence-corrected chi connectivity index (χ4v) is 5.25. The van der Waals surface area contributed by atoms with Crippen molar-refractivity contribution < 1.29 is 14.3 Å². The molecule has 1 spiro atoms. The van der Waals surface area contributed by atoms with Crippen LogP contribution in [0.4, 0.5) is 0 Å². The van der Waals surface area contributed by atoms with Gasteiger partial charge < -0.3 is 0 Å². The number of benzene rings is 1. The van der Waals surface area contributed by atoms with Crippen LogP contribution in [-0.2, 0) is 14.3 Å². The average molecular weight is 321 g/mol. The molecule has 1 atom stereocenters. The molecule has 1 saturated carbocycles. The van der Waals surface area contributed by atoms with Crippen molar-refractivity contribution in [3.8, 4) is 0 Å². The zero-order valence-electron chi connectivity index (χ0n) is 10.6. The van der Waals surface area contributed by atoms with Crippen LogP contribution in [-0.4, -0.2) is 26.7 Å². The second-order valence-corrected chi connectivity index (χ2v) is 7.15. The standard InChI is InChI=1S/C15H14O3Se/c1-10-13(19-11-6-3-2-4-7-11)15(14(17)18-10)9-5-8-12(15)16/h2-4,6-7H,5,8-9H2,1H3/t15-/m1/s1. The van der Waals surface area contributed by atoms with Crippen molar-refractivity contribution in [3.05, 3.63) is 40.6 Å². The van der Waals surface area contributed by atoms with Crippen LogP contribution in [0.25, 0.3) is 0 Å². The van der Waals surface area contributed by atoms with Gasteiger partial charge >= 0.3 is 118 Å². The first-order valence-corrected chi connectivity index (χ1v) is 8.06. The summed E-state index contributed by atoms with van der Waals surface area (Å²) < 4.78 is 7.39. The van der Waals surface area contributed by atoms with Crippen molar-refractivity contribution in [2.45, 2.75) is 26.2 Å². The van der Waals surface area contributed by atoms with Gasteiger partial charge in [-0.15, -0.1) is 0 Å². The van der Waals surface area contributed by atoms with Gasteiger partial charge in [0.1, 0.15) is 0 Å². The molecule has 1 aliphatic heterocycles. The molecule has 98 valence electrons. The van der Waals surface area contributed by atoms with E-state index in [2.05, 4.69) is 0 Å². The second kappa shape index (κ2) is 4.62. The van der Waals surface area contributed by atoms with Gasteiger partial charge in [0.2, 0.25) is 0 Å². The Morgan fingerprint density at radius 3 is 2.58 bits per heavy atom. The zero-order chi connectivity index (χ0) is 13.5. The number of esters is 1. The van der Waals surface area contributed by atoms with Crippen LogP contribution in [0.15, 0.2) is 40.6 Å². The van der Waals surface area contributed by atoms with Crippen molar-refractivity contribution in [3.63, 3.8) is 0 Å². The molecule has 1 aromatic rings. The Kier molecular flexibility index (Phi) is 3.08. The molecular weight excluding hydrogens is 307 g/mol. The van der Waals surface area contributed by atoms with E-state index in [1.54, 1.807) is 6.92 Å². The molecule has 1 fully saturated rings. The summed E-state index contributed by atoms with van der Waals surface area (Å²) in [5, 5.41) is 0. The number of ether oxygens (including phenoxy) is 1. The van der Waals surface area contributed by atoms with Gasteiger partial charge in [0.15, 0.2) is 0 Å². The molecular formula is C15H14O3Se. The Morgan fingerprint density at radius 1 is 1.21 bits per heavy atom. The normalized spacial score (nSPS) is 26.4. The summed E-state index contributed by atoms with van der Waals surface area (Å²) in [6.07, 6.45) is 1.90. The zero-order valence-corrected chi connectivity index (χ0v) is 12.4. The first-order valence-electron chi connectivity index (χ1n) is 6.34. The van der Waals surface area contributed by atoms with Crippen molar-refractivity contribution in [2.75, 3.05) is 0 Å². The fraction of sp³-hybridized carbons (Fsp3) is 0.333. The Hall–Kier alpha value is -1.38. The minimum absolute atomic E-state index is 0.0303. The van der Waals surface area contributed by atoms with Crippen LogP contribution in [0.2, 0.25) is 0 Å². The first-order chi connectivity index (χ1) is 9.14. The molecule has 1 aliphatic carbocycles. The molecule has 1 aromatic carbocycles. The molecule has 0 amide bonds. The molecule has 1 heterocycles. The van der Waals surface area contributed by atoms with Crippen LogP contribution in [0, 0.1) is 5.41 Å². The number of cyclic esters (lactones) is 1. The Labute approximate surface area is 118 Å². The van der Waals surface area contributed by atoms with Gasteiger partial charge in [0, 0.05) is 0 Å². The Bertz CT molecular complexity index is 576. The fourth-order valence-electron chi connectivity index (χ4n) is 2.75. The van der Waals surface area contributed by atoms with E-state index in [1.165, 1.54) is 4.46 Å². The predicted octanol–water partition coefficient (Wildman–Crippen LogP) is 1.54. The predicted molar refractivity (Wildman–Crippen MR) is 71.9 cm³/mol. The van der Waals surface area contributed by atoms with E-state index in [4.69, 9.17) is 4.74 Å². The van der Waals surface area contributed by atoms with Gasteiger partial charge in [-0.3, -0.25) is 0 Å². The third-order valence-electron chi connectivity index (χ3n) is 3.70. The van der Waals surface area contributed by atoms with Gasteiger partial charge in [-0.25, -0.2) is 0 Å². The molecule has 0 bridgehead atoms. The molecule has 4 heteroatoms. The van der Waals surface area contributed by atoms with Gasteiger partial charge in [0.05, 0.1) is 0 Å². The number of carbonyl (C=O) groups is 2. The van der Waals surface area contributed by atoms with Gasteiger partial charge in [-0.1, -0.05) is 0 Å². The quantitative estimate of drug-likeness (QED) is 0.471. The second-order valence-electron chi connectivity index (χ2n) is 4.87. The maximum absolute atomic E-state index is 12.2. The monoisotopic (exact) mass is 322 g/mol. The molecule has 3 nitrogen and oxygen atoms in total.